The van der Waals surface area contributed by atoms with Crippen molar-refractivity contribution in [2.75, 3.05) is 25.0 Å². The first kappa shape index (κ1) is 11.4. The van der Waals surface area contributed by atoms with Gasteiger partial charge in [0, 0.05) is 25.3 Å². The summed E-state index contributed by atoms with van der Waals surface area (Å²) >= 11 is 0. The van der Waals surface area contributed by atoms with Crippen molar-refractivity contribution in [2.45, 2.75) is 25.5 Å². The molecule has 1 aromatic rings. The van der Waals surface area contributed by atoms with Crippen LogP contribution in [-0.2, 0) is 6.54 Å². The number of β-amino-alcohol motifs (C(OH)–C–C–N with tert-alkyl or cyclic N) is 1. The summed E-state index contributed by atoms with van der Waals surface area (Å²) in [5.41, 5.74) is 2.56. The van der Waals surface area contributed by atoms with Crippen molar-refractivity contribution >= 4 is 5.69 Å². The third kappa shape index (κ3) is 2.54. The summed E-state index contributed by atoms with van der Waals surface area (Å²) in [5, 5.41) is 12.9. The fourth-order valence-corrected chi connectivity index (χ4v) is 2.33. The highest BCUT2D eigenvalue weighted by Gasteiger charge is 2.19. The number of hydrogen-bond acceptors (Lipinski definition) is 3. The smallest absolute Gasteiger partial charge is 0.0715 e. The Hall–Kier alpha value is -1.06. The second-order valence-corrected chi connectivity index (χ2v) is 4.40. The van der Waals surface area contributed by atoms with Gasteiger partial charge in [-0.05, 0) is 31.5 Å². The number of aliphatic hydroxyl groups is 1. The first-order chi connectivity index (χ1) is 7.81. The molecule has 2 N–H and O–H groups in total. The lowest BCUT2D eigenvalue weighted by Crippen LogP contribution is -2.38. The lowest BCUT2D eigenvalue weighted by atomic mass is 10.1. The summed E-state index contributed by atoms with van der Waals surface area (Å²) in [6, 6.07) is 8.42. The highest BCUT2D eigenvalue weighted by Crippen LogP contribution is 2.24. The Bertz CT molecular complexity index is 340. The molecule has 0 radical (unpaired) electrons. The molecule has 0 aliphatic carbocycles. The van der Waals surface area contributed by atoms with E-state index in [4.69, 9.17) is 0 Å². The van der Waals surface area contributed by atoms with Crippen molar-refractivity contribution in [1.29, 1.82) is 0 Å². The fraction of sp³-hybridized carbons (Fsp3) is 0.538. The van der Waals surface area contributed by atoms with Gasteiger partial charge in [0.05, 0.1) is 6.10 Å². The highest BCUT2D eigenvalue weighted by molar-refractivity contribution is 5.54. The van der Waals surface area contributed by atoms with Gasteiger partial charge in [-0.3, -0.25) is 0 Å². The van der Waals surface area contributed by atoms with E-state index in [-0.39, 0.29) is 6.10 Å². The molecule has 3 nitrogen and oxygen atoms in total. The molecule has 1 fully saturated rings. The molecule has 16 heavy (non-hydrogen) atoms. The first-order valence-electron chi connectivity index (χ1n) is 5.97. The molecule has 1 heterocycles. The van der Waals surface area contributed by atoms with E-state index in [2.05, 4.69) is 34.5 Å². The zero-order valence-electron chi connectivity index (χ0n) is 9.82. The Balaban J connectivity index is 2.17. The maximum atomic E-state index is 9.70. The van der Waals surface area contributed by atoms with Gasteiger partial charge in [0.25, 0.3) is 0 Å². The summed E-state index contributed by atoms with van der Waals surface area (Å²) in [7, 11) is 1.96. The number of para-hydroxylation sites is 1. The number of nitrogens with one attached hydrogen (secondary N) is 1. The summed E-state index contributed by atoms with van der Waals surface area (Å²) < 4.78 is 0. The standard InChI is InChI=1S/C13H20N2O/c1-14-9-11-5-2-3-7-13(11)15-8-4-6-12(16)10-15/h2-3,5,7,12,14,16H,4,6,8-10H2,1H3. The van der Waals surface area contributed by atoms with Crippen molar-refractivity contribution < 1.29 is 5.11 Å². The maximum Gasteiger partial charge on any atom is 0.0715 e. The van der Waals surface area contributed by atoms with Crippen molar-refractivity contribution in [3.63, 3.8) is 0 Å². The number of benzene rings is 1. The minimum absolute atomic E-state index is 0.170. The number of hydrogen-bond donors (Lipinski definition) is 2. The van der Waals surface area contributed by atoms with Crippen LogP contribution in [-0.4, -0.2) is 31.3 Å². The Kier molecular flexibility index (Phi) is 3.80. The summed E-state index contributed by atoms with van der Waals surface area (Å²) in [6.45, 7) is 2.70. The zero-order valence-corrected chi connectivity index (χ0v) is 9.82. The van der Waals surface area contributed by atoms with Crippen molar-refractivity contribution in [1.82, 2.24) is 5.32 Å². The Morgan fingerprint density at radius 3 is 3.00 bits per heavy atom. The van der Waals surface area contributed by atoms with E-state index in [1.807, 2.05) is 7.05 Å². The Morgan fingerprint density at radius 2 is 2.25 bits per heavy atom. The molecule has 1 unspecified atom stereocenters. The largest absolute Gasteiger partial charge is 0.391 e. The molecule has 3 heteroatoms. The summed E-state index contributed by atoms with van der Waals surface area (Å²) in [6.07, 6.45) is 1.84. The molecule has 1 aliphatic rings. The van der Waals surface area contributed by atoms with Crippen LogP contribution in [0.3, 0.4) is 0 Å². The van der Waals surface area contributed by atoms with E-state index in [9.17, 15) is 5.11 Å². The SMILES string of the molecule is CNCc1ccccc1N1CCCC(O)C1. The van der Waals surface area contributed by atoms with Crippen molar-refractivity contribution in [3.8, 4) is 0 Å². The molecule has 0 saturated carbocycles. The third-order valence-electron chi connectivity index (χ3n) is 3.10. The topological polar surface area (TPSA) is 35.5 Å². The van der Waals surface area contributed by atoms with Crippen LogP contribution in [0.5, 0.6) is 0 Å². The highest BCUT2D eigenvalue weighted by atomic mass is 16.3. The monoisotopic (exact) mass is 220 g/mol. The van der Waals surface area contributed by atoms with Gasteiger partial charge >= 0.3 is 0 Å². The second-order valence-electron chi connectivity index (χ2n) is 4.40. The van der Waals surface area contributed by atoms with Gasteiger partial charge in [0.15, 0.2) is 0 Å². The van der Waals surface area contributed by atoms with E-state index in [1.54, 1.807) is 0 Å². The quantitative estimate of drug-likeness (QED) is 0.807. The predicted octanol–water partition coefficient (Wildman–Crippen LogP) is 1.37. The minimum atomic E-state index is -0.170. The Morgan fingerprint density at radius 1 is 1.44 bits per heavy atom. The number of aliphatic hydroxyl groups excluding tert-OH is 1. The molecule has 1 aliphatic heterocycles. The van der Waals surface area contributed by atoms with Gasteiger partial charge in [-0.25, -0.2) is 0 Å². The molecule has 2 rings (SSSR count). The fourth-order valence-electron chi connectivity index (χ4n) is 2.33. The van der Waals surface area contributed by atoms with Gasteiger partial charge in [-0.15, -0.1) is 0 Å². The molecular weight excluding hydrogens is 200 g/mol. The summed E-state index contributed by atoms with van der Waals surface area (Å²) in [5.74, 6) is 0. The third-order valence-corrected chi connectivity index (χ3v) is 3.10. The molecule has 1 aromatic carbocycles. The van der Waals surface area contributed by atoms with Gasteiger partial charge in [-0.2, -0.15) is 0 Å². The summed E-state index contributed by atoms with van der Waals surface area (Å²) in [4.78, 5) is 2.29. The lowest BCUT2D eigenvalue weighted by molar-refractivity contribution is 0.154. The number of piperidine rings is 1. The van der Waals surface area contributed by atoms with E-state index < -0.39 is 0 Å². The number of anilines is 1. The van der Waals surface area contributed by atoms with Crippen LogP contribution < -0.4 is 10.2 Å². The van der Waals surface area contributed by atoms with E-state index in [0.717, 1.165) is 32.5 Å². The first-order valence-corrected chi connectivity index (χ1v) is 5.97. The molecule has 0 aromatic heterocycles. The van der Waals surface area contributed by atoms with Gasteiger partial charge < -0.3 is 15.3 Å². The van der Waals surface area contributed by atoms with Gasteiger partial charge in [-0.1, -0.05) is 18.2 Å². The number of nitrogens with zero attached hydrogens (tertiary/aromatic N) is 1. The van der Waals surface area contributed by atoms with Crippen LogP contribution in [0.15, 0.2) is 24.3 Å². The van der Waals surface area contributed by atoms with Crippen LogP contribution in [0.1, 0.15) is 18.4 Å². The molecule has 1 saturated heterocycles. The van der Waals surface area contributed by atoms with Crippen molar-refractivity contribution in [3.05, 3.63) is 29.8 Å². The molecule has 0 bridgehead atoms. The molecule has 0 spiro atoms. The molecule has 88 valence electrons. The minimum Gasteiger partial charge on any atom is -0.391 e. The molecule has 0 amide bonds. The van der Waals surface area contributed by atoms with Crippen LogP contribution in [0.4, 0.5) is 5.69 Å². The zero-order chi connectivity index (χ0) is 11.4. The average Bonchev–Trinajstić information content (AvgIpc) is 2.30. The second kappa shape index (κ2) is 5.32. The maximum absolute atomic E-state index is 9.70. The van der Waals surface area contributed by atoms with Crippen LogP contribution >= 0.6 is 0 Å². The van der Waals surface area contributed by atoms with Gasteiger partial charge in [0.1, 0.15) is 0 Å². The lowest BCUT2D eigenvalue weighted by Gasteiger charge is -2.33. The van der Waals surface area contributed by atoms with E-state index in [0.29, 0.717) is 0 Å². The molecular formula is C13H20N2O. The van der Waals surface area contributed by atoms with Crippen molar-refractivity contribution in [2.24, 2.45) is 0 Å². The van der Waals surface area contributed by atoms with E-state index in [1.165, 1.54) is 11.3 Å². The van der Waals surface area contributed by atoms with Gasteiger partial charge in [0.2, 0.25) is 0 Å². The number of rotatable bonds is 3. The van der Waals surface area contributed by atoms with Crippen LogP contribution in [0.2, 0.25) is 0 Å². The van der Waals surface area contributed by atoms with Crippen LogP contribution in [0.25, 0.3) is 0 Å². The van der Waals surface area contributed by atoms with Crippen LogP contribution in [0, 0.1) is 0 Å². The Labute approximate surface area is 97.1 Å². The van der Waals surface area contributed by atoms with E-state index >= 15 is 0 Å². The predicted molar refractivity (Wildman–Crippen MR) is 66.7 cm³/mol. The molecule has 1 atom stereocenters. The average molecular weight is 220 g/mol. The normalized spacial score (nSPS) is 21.1.